The van der Waals surface area contributed by atoms with E-state index in [-0.39, 0.29) is 16.4 Å². The van der Waals surface area contributed by atoms with Crippen molar-refractivity contribution < 1.29 is 32.3 Å². The Morgan fingerprint density at radius 1 is 0.970 bits per heavy atom. The Balaban J connectivity index is 1.47. The highest BCUT2D eigenvalue weighted by Gasteiger charge is 2.31. The fraction of sp³-hybridized carbons (Fsp3) is 0.609. The van der Waals surface area contributed by atoms with Crippen LogP contribution in [0.4, 0.5) is 4.79 Å². The van der Waals surface area contributed by atoms with Crippen LogP contribution in [-0.4, -0.2) is 73.9 Å². The summed E-state index contributed by atoms with van der Waals surface area (Å²) in [7, 11) is -3.54. The van der Waals surface area contributed by atoms with Gasteiger partial charge in [-0.2, -0.15) is 4.31 Å². The van der Waals surface area contributed by atoms with Crippen LogP contribution in [0.2, 0.25) is 0 Å². The fourth-order valence-corrected chi connectivity index (χ4v) is 5.37. The van der Waals surface area contributed by atoms with Crippen LogP contribution in [0, 0.1) is 5.92 Å². The molecule has 0 aromatic heterocycles. The maximum Gasteiger partial charge on any atom is 0.410 e. The normalized spacial score (nSPS) is 18.2. The van der Waals surface area contributed by atoms with Gasteiger partial charge in [-0.25, -0.2) is 13.2 Å². The number of likely N-dealkylation sites (tertiary alicyclic amines) is 1. The highest BCUT2D eigenvalue weighted by molar-refractivity contribution is 7.89. The molecular weight excluding hydrogens is 448 g/mol. The lowest BCUT2D eigenvalue weighted by atomic mass is 9.97. The first kappa shape index (κ1) is 25.2. The summed E-state index contributed by atoms with van der Waals surface area (Å²) in [6.45, 7) is 6.77. The lowest BCUT2D eigenvalue weighted by Gasteiger charge is -2.32. The van der Waals surface area contributed by atoms with E-state index in [4.69, 9.17) is 9.47 Å². The van der Waals surface area contributed by atoms with Gasteiger partial charge >= 0.3 is 12.1 Å². The fourth-order valence-electron chi connectivity index (χ4n) is 3.85. The monoisotopic (exact) mass is 480 g/mol. The number of esters is 1. The summed E-state index contributed by atoms with van der Waals surface area (Å²) >= 11 is 0. The number of carbonyl (C=O) groups excluding carboxylic acids is 3. The molecule has 10 heteroatoms. The van der Waals surface area contributed by atoms with Crippen LogP contribution in [0.15, 0.2) is 29.2 Å². The summed E-state index contributed by atoms with van der Waals surface area (Å²) in [5, 5.41) is 0. The largest absolute Gasteiger partial charge is 0.457 e. The molecule has 2 aliphatic rings. The number of piperidine rings is 1. The van der Waals surface area contributed by atoms with Crippen LogP contribution < -0.4 is 0 Å². The van der Waals surface area contributed by atoms with Gasteiger partial charge in [0.15, 0.2) is 12.4 Å². The number of rotatable bonds is 6. The van der Waals surface area contributed by atoms with E-state index >= 15 is 0 Å². The van der Waals surface area contributed by atoms with E-state index in [2.05, 4.69) is 0 Å². The number of sulfonamides is 1. The second-order valence-corrected chi connectivity index (χ2v) is 11.3. The zero-order chi connectivity index (χ0) is 24.2. The molecule has 1 aromatic rings. The van der Waals surface area contributed by atoms with Gasteiger partial charge in [0.25, 0.3) is 0 Å². The summed E-state index contributed by atoms with van der Waals surface area (Å²) in [5.41, 5.74) is -0.299. The molecule has 0 N–H and O–H groups in total. The van der Waals surface area contributed by atoms with Gasteiger partial charge in [-0.15, -0.1) is 0 Å². The van der Waals surface area contributed by atoms with Gasteiger partial charge in [0.1, 0.15) is 5.60 Å². The summed E-state index contributed by atoms with van der Waals surface area (Å²) in [5.74, 6) is -1.26. The van der Waals surface area contributed by atoms with Gasteiger partial charge in [0.2, 0.25) is 10.0 Å². The van der Waals surface area contributed by atoms with E-state index in [1.54, 1.807) is 25.7 Å². The zero-order valence-electron chi connectivity index (χ0n) is 19.4. The van der Waals surface area contributed by atoms with Gasteiger partial charge < -0.3 is 14.4 Å². The average Bonchev–Trinajstić information content (AvgIpc) is 3.32. The predicted octanol–water partition coefficient (Wildman–Crippen LogP) is 2.84. The van der Waals surface area contributed by atoms with E-state index in [9.17, 15) is 22.8 Å². The van der Waals surface area contributed by atoms with Gasteiger partial charge in [-0.05, 0) is 70.7 Å². The molecule has 2 aliphatic heterocycles. The summed E-state index contributed by atoms with van der Waals surface area (Å²) in [6, 6.07) is 5.71. The van der Waals surface area contributed by atoms with Crippen molar-refractivity contribution in [2.24, 2.45) is 5.92 Å². The average molecular weight is 481 g/mol. The number of benzene rings is 1. The quantitative estimate of drug-likeness (QED) is 0.455. The molecule has 3 rings (SSSR count). The molecule has 2 heterocycles. The van der Waals surface area contributed by atoms with Gasteiger partial charge in [0.05, 0.1) is 10.8 Å². The van der Waals surface area contributed by atoms with Gasteiger partial charge in [-0.3, -0.25) is 9.59 Å². The number of Topliss-reactive ketones (excluding diaryl/α,β-unsaturated/α-hetero) is 1. The first-order chi connectivity index (χ1) is 15.5. The third kappa shape index (κ3) is 6.54. The lowest BCUT2D eigenvalue weighted by Crippen LogP contribution is -2.43. The Morgan fingerprint density at radius 3 is 2.09 bits per heavy atom. The topological polar surface area (TPSA) is 110 Å². The molecular formula is C23H32N2O7S. The molecule has 2 saturated heterocycles. The van der Waals surface area contributed by atoms with Crippen molar-refractivity contribution in [1.29, 1.82) is 0 Å². The Labute approximate surface area is 195 Å². The number of hydrogen-bond acceptors (Lipinski definition) is 7. The molecule has 0 unspecified atom stereocenters. The minimum absolute atomic E-state index is 0.148. The van der Waals surface area contributed by atoms with Crippen molar-refractivity contribution in [2.45, 2.75) is 57.0 Å². The Bertz CT molecular complexity index is 969. The van der Waals surface area contributed by atoms with Crippen molar-refractivity contribution in [2.75, 3.05) is 32.8 Å². The first-order valence-electron chi connectivity index (χ1n) is 11.3. The van der Waals surface area contributed by atoms with E-state index in [1.807, 2.05) is 0 Å². The molecule has 0 radical (unpaired) electrons. The van der Waals surface area contributed by atoms with E-state index in [0.717, 1.165) is 12.8 Å². The van der Waals surface area contributed by atoms with Crippen molar-refractivity contribution >= 4 is 27.9 Å². The van der Waals surface area contributed by atoms with Gasteiger partial charge in [-0.1, -0.05) is 0 Å². The highest BCUT2D eigenvalue weighted by atomic mass is 32.2. The summed E-state index contributed by atoms with van der Waals surface area (Å²) < 4.78 is 37.1. The Hall–Kier alpha value is -2.46. The lowest BCUT2D eigenvalue weighted by molar-refractivity contribution is -0.149. The number of ether oxygens (including phenoxy) is 2. The van der Waals surface area contributed by atoms with E-state index in [0.29, 0.717) is 39.0 Å². The van der Waals surface area contributed by atoms with Crippen LogP contribution in [0.1, 0.15) is 56.8 Å². The van der Waals surface area contributed by atoms with Crippen LogP contribution in [-0.2, 0) is 24.3 Å². The number of hydrogen-bond donors (Lipinski definition) is 0. The van der Waals surface area contributed by atoms with Crippen molar-refractivity contribution in [1.82, 2.24) is 9.21 Å². The number of ketones is 1. The molecule has 0 saturated carbocycles. The molecule has 33 heavy (non-hydrogen) atoms. The number of amides is 1. The summed E-state index contributed by atoms with van der Waals surface area (Å²) in [6.07, 6.45) is 2.17. The Morgan fingerprint density at radius 2 is 1.55 bits per heavy atom. The number of nitrogens with zero attached hydrogens (tertiary/aromatic N) is 2. The van der Waals surface area contributed by atoms with E-state index < -0.39 is 40.1 Å². The standard InChI is InChI=1S/C23H32N2O7S/c1-23(2,3)32-22(28)24-14-10-18(11-15-24)21(27)31-16-20(26)17-6-8-19(9-7-17)33(29,30)25-12-4-5-13-25/h6-9,18H,4-5,10-16H2,1-3H3. The molecule has 0 bridgehead atoms. The molecule has 1 amide bonds. The molecule has 9 nitrogen and oxygen atoms in total. The smallest absolute Gasteiger partial charge is 0.410 e. The predicted molar refractivity (Wildman–Crippen MR) is 120 cm³/mol. The minimum Gasteiger partial charge on any atom is -0.457 e. The first-order valence-corrected chi connectivity index (χ1v) is 12.7. The zero-order valence-corrected chi connectivity index (χ0v) is 20.2. The van der Waals surface area contributed by atoms with Gasteiger partial charge in [0, 0.05) is 31.7 Å². The molecule has 182 valence electrons. The van der Waals surface area contributed by atoms with Crippen molar-refractivity contribution in [3.63, 3.8) is 0 Å². The minimum atomic E-state index is -3.54. The number of carbonyl (C=O) groups is 3. The third-order valence-corrected chi connectivity index (χ3v) is 7.62. The van der Waals surface area contributed by atoms with Crippen LogP contribution in [0.5, 0.6) is 0 Å². The van der Waals surface area contributed by atoms with Crippen LogP contribution in [0.25, 0.3) is 0 Å². The second-order valence-electron chi connectivity index (χ2n) is 9.41. The highest BCUT2D eigenvalue weighted by Crippen LogP contribution is 2.22. The maximum atomic E-state index is 12.6. The third-order valence-electron chi connectivity index (χ3n) is 5.70. The van der Waals surface area contributed by atoms with Crippen molar-refractivity contribution in [3.8, 4) is 0 Å². The second kappa shape index (κ2) is 10.2. The van der Waals surface area contributed by atoms with E-state index in [1.165, 1.54) is 28.6 Å². The van der Waals surface area contributed by atoms with Crippen molar-refractivity contribution in [3.05, 3.63) is 29.8 Å². The maximum absolute atomic E-state index is 12.6. The molecule has 0 aliphatic carbocycles. The SMILES string of the molecule is CC(C)(C)OC(=O)N1CCC(C(=O)OCC(=O)c2ccc(S(=O)(=O)N3CCCC3)cc2)CC1. The molecule has 1 aromatic carbocycles. The Kier molecular flexibility index (Phi) is 7.79. The van der Waals surface area contributed by atoms with Crippen LogP contribution >= 0.6 is 0 Å². The molecule has 0 atom stereocenters. The van der Waals surface area contributed by atoms with Crippen LogP contribution in [0.3, 0.4) is 0 Å². The summed E-state index contributed by atoms with van der Waals surface area (Å²) in [4.78, 5) is 38.6. The molecule has 2 fully saturated rings. The molecule has 0 spiro atoms.